The molecule has 0 saturated carbocycles. The van der Waals surface area contributed by atoms with Crippen LogP contribution in [0.2, 0.25) is 10.0 Å². The minimum absolute atomic E-state index is 0.0821. The summed E-state index contributed by atoms with van der Waals surface area (Å²) in [6.45, 7) is 0. The number of methoxy groups -OCH3 is 2. The average Bonchev–Trinajstić information content (AvgIpc) is 2.79. The number of nitrogens with zero attached hydrogens (tertiary/aromatic N) is 1. The summed E-state index contributed by atoms with van der Waals surface area (Å²) in [7, 11) is 3.11. The van der Waals surface area contributed by atoms with Crippen molar-refractivity contribution in [2.45, 2.75) is 0 Å². The summed E-state index contributed by atoms with van der Waals surface area (Å²) in [6.07, 6.45) is 5.30. The topological polar surface area (TPSA) is 80.2 Å². The van der Waals surface area contributed by atoms with E-state index in [4.69, 9.17) is 32.7 Å². The summed E-state index contributed by atoms with van der Waals surface area (Å²) in [5.41, 5.74) is 5.11. The van der Waals surface area contributed by atoms with E-state index in [1.165, 1.54) is 24.4 Å². The van der Waals surface area contributed by atoms with Gasteiger partial charge in [0.2, 0.25) is 0 Å². The second-order valence-electron chi connectivity index (χ2n) is 6.60. The van der Waals surface area contributed by atoms with Gasteiger partial charge in [-0.1, -0.05) is 47.5 Å². The van der Waals surface area contributed by atoms with Crippen molar-refractivity contribution in [3.8, 4) is 17.2 Å². The first kappa shape index (κ1) is 23.2. The van der Waals surface area contributed by atoms with Gasteiger partial charge in [-0.15, -0.1) is 0 Å². The van der Waals surface area contributed by atoms with Gasteiger partial charge in [0.25, 0.3) is 5.91 Å². The molecule has 8 heteroatoms. The lowest BCUT2D eigenvalue weighted by Crippen LogP contribution is -2.17. The highest BCUT2D eigenvalue weighted by atomic mass is 35.5. The number of ether oxygens (including phenoxy) is 2. The molecule has 0 heterocycles. The van der Waals surface area contributed by atoms with E-state index in [0.717, 1.165) is 11.1 Å². The Hall–Kier alpha value is -3.48. The fraction of sp³-hybridized carbons (Fsp3) is 0.0833. The number of hydrogen-bond donors (Lipinski definition) is 2. The lowest BCUT2D eigenvalue weighted by atomic mass is 10.1. The number of carbonyl (C=O) groups is 1. The molecule has 3 aromatic rings. The van der Waals surface area contributed by atoms with Crippen molar-refractivity contribution in [2.24, 2.45) is 5.10 Å². The van der Waals surface area contributed by atoms with Gasteiger partial charge in [-0.2, -0.15) is 5.10 Å². The highest BCUT2D eigenvalue weighted by Crippen LogP contribution is 2.33. The van der Waals surface area contributed by atoms with Crippen LogP contribution in [0.1, 0.15) is 27.0 Å². The molecule has 164 valence electrons. The number of rotatable bonds is 7. The minimum Gasteiger partial charge on any atom is -0.506 e. The third kappa shape index (κ3) is 5.81. The van der Waals surface area contributed by atoms with Gasteiger partial charge in [-0.25, -0.2) is 5.43 Å². The van der Waals surface area contributed by atoms with E-state index in [0.29, 0.717) is 22.1 Å². The molecule has 0 atom stereocenters. The van der Waals surface area contributed by atoms with Gasteiger partial charge in [0, 0.05) is 16.1 Å². The number of phenolic OH excluding ortho intramolecular Hbond substituents is 1. The molecule has 3 aromatic carbocycles. The highest BCUT2D eigenvalue weighted by Gasteiger charge is 2.11. The number of hydrogen-bond acceptors (Lipinski definition) is 5. The molecule has 1 amide bonds. The Morgan fingerprint density at radius 1 is 0.969 bits per heavy atom. The van der Waals surface area contributed by atoms with Crippen LogP contribution in [0.15, 0.2) is 59.7 Å². The van der Waals surface area contributed by atoms with E-state index in [1.807, 2.05) is 42.5 Å². The smallest absolute Gasteiger partial charge is 0.271 e. The molecule has 0 fully saturated rings. The molecular weight excluding hydrogens is 451 g/mol. The first-order valence-electron chi connectivity index (χ1n) is 9.43. The Bertz CT molecular complexity index is 1180. The summed E-state index contributed by atoms with van der Waals surface area (Å²) >= 11 is 11.8. The molecule has 6 nitrogen and oxygen atoms in total. The first-order valence-corrected chi connectivity index (χ1v) is 10.2. The molecule has 0 radical (unpaired) electrons. The highest BCUT2D eigenvalue weighted by molar-refractivity contribution is 6.32. The predicted molar refractivity (Wildman–Crippen MR) is 128 cm³/mol. The Morgan fingerprint density at radius 2 is 1.72 bits per heavy atom. The summed E-state index contributed by atoms with van der Waals surface area (Å²) in [4.78, 5) is 12.2. The Morgan fingerprint density at radius 3 is 2.38 bits per heavy atom. The lowest BCUT2D eigenvalue weighted by Gasteiger charge is -2.12. The van der Waals surface area contributed by atoms with Crippen molar-refractivity contribution in [3.05, 3.63) is 86.9 Å². The van der Waals surface area contributed by atoms with E-state index in [-0.39, 0.29) is 16.3 Å². The molecule has 2 N–H and O–H groups in total. The maximum atomic E-state index is 12.2. The zero-order chi connectivity index (χ0) is 23.1. The summed E-state index contributed by atoms with van der Waals surface area (Å²) < 4.78 is 10.9. The average molecular weight is 471 g/mol. The second kappa shape index (κ2) is 10.7. The fourth-order valence-electron chi connectivity index (χ4n) is 2.85. The van der Waals surface area contributed by atoms with Crippen LogP contribution in [0.4, 0.5) is 0 Å². The Balaban J connectivity index is 1.82. The number of carbonyl (C=O) groups excluding carboxylic acids is 1. The van der Waals surface area contributed by atoms with E-state index in [2.05, 4.69) is 10.5 Å². The monoisotopic (exact) mass is 470 g/mol. The number of aromatic hydroxyl groups is 1. The SMILES string of the molecule is COc1cc(C=NNC(=O)c2ccc(O)c(Cl)c2)cc(C=Cc2ccc(Cl)cc2)c1OC. The van der Waals surface area contributed by atoms with Crippen molar-refractivity contribution in [1.82, 2.24) is 5.43 Å². The van der Waals surface area contributed by atoms with E-state index < -0.39 is 5.91 Å². The summed E-state index contributed by atoms with van der Waals surface area (Å²) in [5.74, 6) is 0.518. The van der Waals surface area contributed by atoms with E-state index in [1.54, 1.807) is 20.3 Å². The van der Waals surface area contributed by atoms with Crippen LogP contribution in [-0.2, 0) is 0 Å². The molecule has 0 saturated heterocycles. The van der Waals surface area contributed by atoms with Gasteiger partial charge in [-0.3, -0.25) is 4.79 Å². The second-order valence-corrected chi connectivity index (χ2v) is 7.44. The number of phenols is 1. The molecule has 0 aromatic heterocycles. The molecule has 32 heavy (non-hydrogen) atoms. The Labute approximate surface area is 195 Å². The van der Waals surface area contributed by atoms with Gasteiger partial charge in [0.1, 0.15) is 5.75 Å². The number of halogens is 2. The van der Waals surface area contributed by atoms with E-state index in [9.17, 15) is 9.90 Å². The predicted octanol–water partition coefficient (Wildman–Crippen LogP) is 5.65. The van der Waals surface area contributed by atoms with Gasteiger partial charge in [0.05, 0.1) is 25.5 Å². The summed E-state index contributed by atoms with van der Waals surface area (Å²) in [6, 6.07) is 15.2. The van der Waals surface area contributed by atoms with Crippen LogP contribution in [0.5, 0.6) is 17.2 Å². The minimum atomic E-state index is -0.466. The summed E-state index contributed by atoms with van der Waals surface area (Å²) in [5, 5.41) is 14.2. The quantitative estimate of drug-likeness (QED) is 0.265. The van der Waals surface area contributed by atoms with Crippen molar-refractivity contribution < 1.29 is 19.4 Å². The normalized spacial score (nSPS) is 11.1. The molecule has 3 rings (SSSR count). The van der Waals surface area contributed by atoms with Gasteiger partial charge in [-0.05, 0) is 53.6 Å². The van der Waals surface area contributed by atoms with Crippen LogP contribution < -0.4 is 14.9 Å². The molecule has 0 aliphatic carbocycles. The van der Waals surface area contributed by atoms with Gasteiger partial charge >= 0.3 is 0 Å². The van der Waals surface area contributed by atoms with Crippen molar-refractivity contribution >= 4 is 47.5 Å². The first-order chi connectivity index (χ1) is 15.4. The molecular formula is C24H20Cl2N2O4. The fourth-order valence-corrected chi connectivity index (χ4v) is 3.16. The molecule has 0 spiro atoms. The maximum Gasteiger partial charge on any atom is 0.271 e. The molecule has 0 aliphatic heterocycles. The number of amides is 1. The maximum absolute atomic E-state index is 12.2. The number of benzene rings is 3. The Kier molecular flexibility index (Phi) is 7.76. The largest absolute Gasteiger partial charge is 0.506 e. The molecule has 0 aliphatic rings. The van der Waals surface area contributed by atoms with Crippen LogP contribution >= 0.6 is 23.2 Å². The molecule has 0 bridgehead atoms. The standard InChI is InChI=1S/C24H20Cl2N2O4/c1-31-22-12-16(14-27-28-24(30)18-7-10-21(29)20(26)13-18)11-17(23(22)32-2)6-3-15-4-8-19(25)9-5-15/h3-14,29H,1-2H3,(H,28,30). The number of nitrogens with one attached hydrogen (secondary N) is 1. The van der Waals surface area contributed by atoms with Crippen LogP contribution in [0, 0.1) is 0 Å². The van der Waals surface area contributed by atoms with Gasteiger partial charge in [0.15, 0.2) is 11.5 Å². The van der Waals surface area contributed by atoms with E-state index >= 15 is 0 Å². The third-order valence-corrected chi connectivity index (χ3v) is 5.00. The van der Waals surface area contributed by atoms with Gasteiger partial charge < -0.3 is 14.6 Å². The van der Waals surface area contributed by atoms with Crippen LogP contribution in [0.3, 0.4) is 0 Å². The molecule has 0 unspecified atom stereocenters. The third-order valence-electron chi connectivity index (χ3n) is 4.44. The van der Waals surface area contributed by atoms with Crippen LogP contribution in [-0.4, -0.2) is 31.4 Å². The lowest BCUT2D eigenvalue weighted by molar-refractivity contribution is 0.0955. The number of hydrazone groups is 1. The van der Waals surface area contributed by atoms with Crippen molar-refractivity contribution in [3.63, 3.8) is 0 Å². The van der Waals surface area contributed by atoms with Crippen molar-refractivity contribution in [2.75, 3.05) is 14.2 Å². The van der Waals surface area contributed by atoms with Crippen LogP contribution in [0.25, 0.3) is 12.2 Å². The zero-order valence-corrected chi connectivity index (χ0v) is 18.8. The van der Waals surface area contributed by atoms with Crippen molar-refractivity contribution in [1.29, 1.82) is 0 Å². The zero-order valence-electron chi connectivity index (χ0n) is 17.3.